The number of rotatable bonds is 5. The fourth-order valence-electron chi connectivity index (χ4n) is 3.08. The molecule has 114 valence electrons. The topological polar surface area (TPSA) is 40.5 Å². The Bertz CT molecular complexity index is 522. The lowest BCUT2D eigenvalue weighted by Gasteiger charge is -2.30. The summed E-state index contributed by atoms with van der Waals surface area (Å²) in [5.74, 6) is -0.243. The van der Waals surface area contributed by atoms with Crippen molar-refractivity contribution in [2.45, 2.75) is 32.1 Å². The number of carboxylic acid groups (broad SMARTS) is 1. The quantitative estimate of drug-likeness (QED) is 0.817. The molecule has 1 aromatic carbocycles. The van der Waals surface area contributed by atoms with Crippen molar-refractivity contribution in [3.63, 3.8) is 0 Å². The van der Waals surface area contributed by atoms with E-state index in [1.807, 2.05) is 25.2 Å². The van der Waals surface area contributed by atoms with Gasteiger partial charge in [0.1, 0.15) is 0 Å². The molecule has 1 N–H and O–H groups in total. The Balaban J connectivity index is 2.18. The van der Waals surface area contributed by atoms with E-state index in [2.05, 4.69) is 4.90 Å². The molecule has 0 spiro atoms. The molecule has 1 fully saturated rings. The van der Waals surface area contributed by atoms with E-state index in [-0.39, 0.29) is 0 Å². The molecule has 0 unspecified atom stereocenters. The maximum absolute atomic E-state index is 10.7. The van der Waals surface area contributed by atoms with Crippen LogP contribution in [0.3, 0.4) is 0 Å². The fourth-order valence-corrected chi connectivity index (χ4v) is 3.40. The van der Waals surface area contributed by atoms with Crippen LogP contribution in [0.1, 0.15) is 37.7 Å². The van der Waals surface area contributed by atoms with Crippen LogP contribution in [0.15, 0.2) is 24.3 Å². The number of benzene rings is 1. The van der Waals surface area contributed by atoms with Crippen LogP contribution in [-0.4, -0.2) is 24.7 Å². The summed E-state index contributed by atoms with van der Waals surface area (Å²) < 4.78 is 0. The van der Waals surface area contributed by atoms with Crippen LogP contribution in [0, 0.1) is 5.92 Å². The second-order valence-electron chi connectivity index (χ2n) is 5.73. The first-order chi connectivity index (χ1) is 10.1. The zero-order valence-corrected chi connectivity index (χ0v) is 13.1. The van der Waals surface area contributed by atoms with Crippen molar-refractivity contribution in [1.82, 2.24) is 0 Å². The third-order valence-electron chi connectivity index (χ3n) is 4.06. The Labute approximate surface area is 131 Å². The summed E-state index contributed by atoms with van der Waals surface area (Å²) in [7, 11) is 2.04. The predicted molar refractivity (Wildman–Crippen MR) is 88.0 cm³/mol. The van der Waals surface area contributed by atoms with Crippen molar-refractivity contribution in [2.75, 3.05) is 18.5 Å². The van der Waals surface area contributed by atoms with Gasteiger partial charge < -0.3 is 10.0 Å². The molecule has 0 amide bonds. The molecule has 0 aliphatic heterocycles. The third-order valence-corrected chi connectivity index (χ3v) is 4.37. The van der Waals surface area contributed by atoms with Crippen molar-refractivity contribution in [1.29, 1.82) is 0 Å². The van der Waals surface area contributed by atoms with Gasteiger partial charge in [0.05, 0.1) is 10.7 Å². The number of para-hydroxylation sites is 1. The number of anilines is 1. The van der Waals surface area contributed by atoms with E-state index in [1.54, 1.807) is 6.08 Å². The van der Waals surface area contributed by atoms with Crippen LogP contribution in [0.4, 0.5) is 5.69 Å². The van der Waals surface area contributed by atoms with E-state index in [1.165, 1.54) is 32.1 Å². The highest BCUT2D eigenvalue weighted by molar-refractivity contribution is 6.33. The van der Waals surface area contributed by atoms with Crippen molar-refractivity contribution in [3.8, 4) is 0 Å². The number of hydrogen-bond donors (Lipinski definition) is 1. The molecule has 3 nitrogen and oxygen atoms in total. The molecule has 4 heteroatoms. The first-order valence-electron chi connectivity index (χ1n) is 7.48. The number of aliphatic carboxylic acids is 1. The van der Waals surface area contributed by atoms with E-state index in [4.69, 9.17) is 16.7 Å². The molecule has 0 heterocycles. The second-order valence-corrected chi connectivity index (χ2v) is 6.14. The SMILES string of the molecule is CN(CC1CCCCC1)c1c(Cl)cccc1/C=C/C(=O)O. The van der Waals surface area contributed by atoms with Crippen LogP contribution in [0.2, 0.25) is 5.02 Å². The summed E-state index contributed by atoms with van der Waals surface area (Å²) in [6, 6.07) is 5.60. The summed E-state index contributed by atoms with van der Waals surface area (Å²) >= 11 is 6.33. The molecule has 0 atom stereocenters. The van der Waals surface area contributed by atoms with Crippen LogP contribution < -0.4 is 4.90 Å². The van der Waals surface area contributed by atoms with Gasteiger partial charge in [0.2, 0.25) is 0 Å². The van der Waals surface area contributed by atoms with Crippen LogP contribution in [-0.2, 0) is 4.79 Å². The predicted octanol–water partition coefficient (Wildman–Crippen LogP) is 4.45. The smallest absolute Gasteiger partial charge is 0.328 e. The molecular weight excluding hydrogens is 286 g/mol. The average molecular weight is 308 g/mol. The molecule has 0 radical (unpaired) electrons. The lowest BCUT2D eigenvalue weighted by Crippen LogP contribution is -2.27. The molecule has 0 saturated heterocycles. The van der Waals surface area contributed by atoms with Crippen LogP contribution in [0.5, 0.6) is 0 Å². The summed E-state index contributed by atoms with van der Waals surface area (Å²) in [6.45, 7) is 0.970. The molecule has 1 aliphatic carbocycles. The van der Waals surface area contributed by atoms with Gasteiger partial charge in [-0.05, 0) is 36.5 Å². The Morgan fingerprint density at radius 3 is 2.76 bits per heavy atom. The maximum Gasteiger partial charge on any atom is 0.328 e. The molecule has 2 rings (SSSR count). The lowest BCUT2D eigenvalue weighted by molar-refractivity contribution is -0.131. The van der Waals surface area contributed by atoms with Gasteiger partial charge in [-0.3, -0.25) is 0 Å². The first kappa shape index (κ1) is 15.9. The van der Waals surface area contributed by atoms with Gasteiger partial charge in [-0.25, -0.2) is 4.79 Å². The first-order valence-corrected chi connectivity index (χ1v) is 7.86. The van der Waals surface area contributed by atoms with Gasteiger partial charge in [-0.2, -0.15) is 0 Å². The summed E-state index contributed by atoms with van der Waals surface area (Å²) in [5, 5.41) is 9.47. The van der Waals surface area contributed by atoms with E-state index < -0.39 is 5.97 Å². The standard InChI is InChI=1S/C17H22ClNO2/c1-19(12-13-6-3-2-4-7-13)17-14(10-11-16(20)21)8-5-9-15(17)18/h5,8-11,13H,2-4,6-7,12H2,1H3,(H,20,21)/b11-10+. The lowest BCUT2D eigenvalue weighted by atomic mass is 9.89. The van der Waals surface area contributed by atoms with Crippen LogP contribution >= 0.6 is 11.6 Å². The summed E-state index contributed by atoms with van der Waals surface area (Å²) in [6.07, 6.45) is 9.28. The Kier molecular flexibility index (Phi) is 5.68. The normalized spacial score (nSPS) is 16.3. The minimum atomic E-state index is -0.948. The van der Waals surface area contributed by atoms with E-state index in [9.17, 15) is 4.79 Å². The third kappa shape index (κ3) is 4.50. The minimum Gasteiger partial charge on any atom is -0.478 e. The highest BCUT2D eigenvalue weighted by atomic mass is 35.5. The van der Waals surface area contributed by atoms with Gasteiger partial charge in [-0.15, -0.1) is 0 Å². The molecule has 1 aromatic rings. The van der Waals surface area contributed by atoms with E-state index in [0.717, 1.165) is 23.9 Å². The number of carboxylic acids is 1. The summed E-state index contributed by atoms with van der Waals surface area (Å²) in [4.78, 5) is 12.9. The van der Waals surface area contributed by atoms with Gasteiger partial charge in [0.15, 0.2) is 0 Å². The number of halogens is 1. The Hall–Kier alpha value is -1.48. The number of carbonyl (C=O) groups is 1. The largest absolute Gasteiger partial charge is 0.478 e. The van der Waals surface area contributed by atoms with Gasteiger partial charge in [-0.1, -0.05) is 43.0 Å². The summed E-state index contributed by atoms with van der Waals surface area (Å²) in [5.41, 5.74) is 1.77. The van der Waals surface area contributed by atoms with Crippen molar-refractivity contribution < 1.29 is 9.90 Å². The van der Waals surface area contributed by atoms with Crippen molar-refractivity contribution >= 4 is 29.3 Å². The zero-order chi connectivity index (χ0) is 15.2. The number of hydrogen-bond acceptors (Lipinski definition) is 2. The highest BCUT2D eigenvalue weighted by Gasteiger charge is 2.18. The molecule has 21 heavy (non-hydrogen) atoms. The van der Waals surface area contributed by atoms with Crippen LogP contribution in [0.25, 0.3) is 6.08 Å². The van der Waals surface area contributed by atoms with Crippen molar-refractivity contribution in [3.05, 3.63) is 34.9 Å². The molecule has 1 saturated carbocycles. The Morgan fingerprint density at radius 2 is 2.10 bits per heavy atom. The highest BCUT2D eigenvalue weighted by Crippen LogP contribution is 2.32. The van der Waals surface area contributed by atoms with Gasteiger partial charge in [0.25, 0.3) is 0 Å². The molecule has 0 bridgehead atoms. The minimum absolute atomic E-state index is 0.667. The monoisotopic (exact) mass is 307 g/mol. The number of nitrogens with zero attached hydrogens (tertiary/aromatic N) is 1. The molecule has 0 aromatic heterocycles. The second kappa shape index (κ2) is 7.51. The zero-order valence-electron chi connectivity index (χ0n) is 12.4. The average Bonchev–Trinajstić information content (AvgIpc) is 2.46. The fraction of sp³-hybridized carbons (Fsp3) is 0.471. The van der Waals surface area contributed by atoms with Gasteiger partial charge in [0, 0.05) is 19.7 Å². The van der Waals surface area contributed by atoms with E-state index in [0.29, 0.717) is 10.9 Å². The molecule has 1 aliphatic rings. The van der Waals surface area contributed by atoms with Gasteiger partial charge >= 0.3 is 5.97 Å². The van der Waals surface area contributed by atoms with E-state index >= 15 is 0 Å². The molecular formula is C17H22ClNO2. The Morgan fingerprint density at radius 1 is 1.38 bits per heavy atom. The maximum atomic E-state index is 10.7. The van der Waals surface area contributed by atoms with Crippen molar-refractivity contribution in [2.24, 2.45) is 5.92 Å².